The summed E-state index contributed by atoms with van der Waals surface area (Å²) in [6, 6.07) is 12.4. The van der Waals surface area contributed by atoms with E-state index < -0.39 is 0 Å². The van der Waals surface area contributed by atoms with E-state index in [9.17, 15) is 0 Å². The van der Waals surface area contributed by atoms with Crippen molar-refractivity contribution in [2.75, 3.05) is 5.43 Å². The fraction of sp³-hybridized carbons (Fsp3) is 0.0714. The van der Waals surface area contributed by atoms with Crippen LogP contribution in [0.15, 0.2) is 67.5 Å². The minimum Gasteiger partial charge on any atom is -0.322 e. The molecule has 18 heavy (non-hydrogen) atoms. The van der Waals surface area contributed by atoms with Gasteiger partial charge in [-0.2, -0.15) is 0 Å². The zero-order valence-electron chi connectivity index (χ0n) is 9.90. The molecule has 0 aliphatic carbocycles. The standard InChI is InChI=1S/C14H14N4/c1-2-9-18(8-1)16-11-13-3-5-14(6-4-13)17-10-7-15-12-17/h1-10,12,16H,11H2. The van der Waals surface area contributed by atoms with E-state index in [0.717, 1.165) is 12.2 Å². The molecule has 2 heterocycles. The van der Waals surface area contributed by atoms with Crippen LogP contribution in [0, 0.1) is 0 Å². The van der Waals surface area contributed by atoms with Gasteiger partial charge in [0.2, 0.25) is 0 Å². The molecular formula is C14H14N4. The number of imidazole rings is 1. The molecule has 2 aromatic heterocycles. The van der Waals surface area contributed by atoms with Gasteiger partial charge in [-0.25, -0.2) is 4.98 Å². The van der Waals surface area contributed by atoms with Crippen LogP contribution in [0.4, 0.5) is 0 Å². The molecule has 90 valence electrons. The van der Waals surface area contributed by atoms with Crippen LogP contribution in [0.2, 0.25) is 0 Å². The van der Waals surface area contributed by atoms with E-state index in [-0.39, 0.29) is 0 Å². The predicted octanol–water partition coefficient (Wildman–Crippen LogP) is 2.42. The predicted molar refractivity (Wildman–Crippen MR) is 71.1 cm³/mol. The van der Waals surface area contributed by atoms with Crippen LogP contribution in [-0.4, -0.2) is 14.2 Å². The first-order valence-corrected chi connectivity index (χ1v) is 5.86. The molecule has 0 saturated heterocycles. The van der Waals surface area contributed by atoms with Crippen molar-refractivity contribution in [1.82, 2.24) is 14.2 Å². The van der Waals surface area contributed by atoms with E-state index in [0.29, 0.717) is 0 Å². The van der Waals surface area contributed by atoms with Crippen molar-refractivity contribution in [3.8, 4) is 5.69 Å². The zero-order chi connectivity index (χ0) is 12.2. The Morgan fingerprint density at radius 1 is 1.00 bits per heavy atom. The molecule has 0 amide bonds. The number of hydrogen-bond donors (Lipinski definition) is 1. The molecule has 0 unspecified atom stereocenters. The highest BCUT2D eigenvalue weighted by Gasteiger charge is 1.96. The molecule has 4 heteroatoms. The summed E-state index contributed by atoms with van der Waals surface area (Å²) in [6.45, 7) is 0.804. The molecule has 0 atom stereocenters. The summed E-state index contributed by atoms with van der Waals surface area (Å²) in [5, 5.41) is 0. The minimum absolute atomic E-state index is 0.804. The second-order valence-corrected chi connectivity index (χ2v) is 4.06. The Hall–Kier alpha value is -2.49. The number of nitrogens with zero attached hydrogens (tertiary/aromatic N) is 3. The van der Waals surface area contributed by atoms with E-state index in [1.807, 2.05) is 40.0 Å². The highest BCUT2D eigenvalue weighted by atomic mass is 15.4. The Kier molecular flexibility index (Phi) is 2.84. The van der Waals surface area contributed by atoms with E-state index in [1.54, 1.807) is 12.5 Å². The first-order chi connectivity index (χ1) is 8.92. The molecule has 1 N–H and O–H groups in total. The quantitative estimate of drug-likeness (QED) is 0.757. The van der Waals surface area contributed by atoms with Crippen molar-refractivity contribution in [2.24, 2.45) is 0 Å². The summed E-state index contributed by atoms with van der Waals surface area (Å²) in [4.78, 5) is 4.04. The summed E-state index contributed by atoms with van der Waals surface area (Å²) < 4.78 is 3.94. The van der Waals surface area contributed by atoms with Gasteiger partial charge in [0, 0.05) is 30.5 Å². The lowest BCUT2D eigenvalue weighted by Crippen LogP contribution is -2.11. The average molecular weight is 238 g/mol. The van der Waals surface area contributed by atoms with Gasteiger partial charge in [-0.15, -0.1) is 0 Å². The molecule has 0 saturated carbocycles. The monoisotopic (exact) mass is 238 g/mol. The normalized spacial score (nSPS) is 10.4. The first kappa shape index (κ1) is 10.7. The van der Waals surface area contributed by atoms with Gasteiger partial charge < -0.3 is 9.99 Å². The smallest absolute Gasteiger partial charge is 0.0991 e. The SMILES string of the molecule is c1ccn(NCc2ccc(-n3ccnc3)cc2)c1. The van der Waals surface area contributed by atoms with Crippen LogP contribution in [0.3, 0.4) is 0 Å². The maximum Gasteiger partial charge on any atom is 0.0991 e. The highest BCUT2D eigenvalue weighted by Crippen LogP contribution is 2.09. The number of benzene rings is 1. The van der Waals surface area contributed by atoms with E-state index >= 15 is 0 Å². The van der Waals surface area contributed by atoms with Gasteiger partial charge in [0.1, 0.15) is 0 Å². The Bertz CT molecular complexity index is 579. The van der Waals surface area contributed by atoms with Crippen LogP contribution < -0.4 is 5.43 Å². The van der Waals surface area contributed by atoms with Crippen LogP contribution >= 0.6 is 0 Å². The average Bonchev–Trinajstić information content (AvgIpc) is 3.10. The Morgan fingerprint density at radius 2 is 1.78 bits per heavy atom. The molecule has 4 nitrogen and oxygen atoms in total. The third-order valence-corrected chi connectivity index (χ3v) is 2.81. The number of rotatable bonds is 4. The Morgan fingerprint density at radius 3 is 2.44 bits per heavy atom. The van der Waals surface area contributed by atoms with E-state index in [1.165, 1.54) is 5.56 Å². The minimum atomic E-state index is 0.804. The lowest BCUT2D eigenvalue weighted by atomic mass is 10.2. The van der Waals surface area contributed by atoms with Crippen LogP contribution in [0.5, 0.6) is 0 Å². The van der Waals surface area contributed by atoms with Crippen molar-refractivity contribution < 1.29 is 0 Å². The summed E-state index contributed by atoms with van der Waals surface area (Å²) in [6.07, 6.45) is 9.49. The summed E-state index contributed by atoms with van der Waals surface area (Å²) in [5.41, 5.74) is 5.66. The topological polar surface area (TPSA) is 34.8 Å². The lowest BCUT2D eigenvalue weighted by Gasteiger charge is -2.08. The second kappa shape index (κ2) is 4.79. The van der Waals surface area contributed by atoms with Gasteiger partial charge in [0.15, 0.2) is 0 Å². The van der Waals surface area contributed by atoms with Crippen molar-refractivity contribution in [2.45, 2.75) is 6.54 Å². The molecule has 3 aromatic rings. The van der Waals surface area contributed by atoms with Crippen molar-refractivity contribution in [3.05, 3.63) is 73.1 Å². The third kappa shape index (κ3) is 2.27. The van der Waals surface area contributed by atoms with Gasteiger partial charge in [0.25, 0.3) is 0 Å². The summed E-state index contributed by atoms with van der Waals surface area (Å²) in [5.74, 6) is 0. The number of aromatic nitrogens is 3. The molecule has 0 radical (unpaired) electrons. The molecular weight excluding hydrogens is 224 g/mol. The van der Waals surface area contributed by atoms with Crippen LogP contribution in [-0.2, 0) is 6.54 Å². The van der Waals surface area contributed by atoms with E-state index in [4.69, 9.17) is 0 Å². The van der Waals surface area contributed by atoms with Gasteiger partial charge >= 0.3 is 0 Å². The molecule has 0 aliphatic heterocycles. The van der Waals surface area contributed by atoms with Gasteiger partial charge in [0.05, 0.1) is 12.9 Å². The summed E-state index contributed by atoms with van der Waals surface area (Å²) in [7, 11) is 0. The Labute approximate surface area is 105 Å². The molecule has 0 spiro atoms. The number of nitrogens with one attached hydrogen (secondary N) is 1. The summed E-state index contributed by atoms with van der Waals surface area (Å²) >= 11 is 0. The molecule has 0 aliphatic rings. The molecule has 3 rings (SSSR count). The fourth-order valence-electron chi connectivity index (χ4n) is 1.82. The maximum absolute atomic E-state index is 4.04. The van der Waals surface area contributed by atoms with Crippen LogP contribution in [0.25, 0.3) is 5.69 Å². The molecule has 0 bridgehead atoms. The fourth-order valence-corrected chi connectivity index (χ4v) is 1.82. The maximum atomic E-state index is 4.04. The Balaban J connectivity index is 1.68. The number of hydrogen-bond acceptors (Lipinski definition) is 2. The second-order valence-electron chi connectivity index (χ2n) is 4.06. The lowest BCUT2D eigenvalue weighted by molar-refractivity contribution is 0.846. The van der Waals surface area contributed by atoms with Gasteiger partial charge in [-0.3, -0.25) is 4.68 Å². The van der Waals surface area contributed by atoms with Crippen molar-refractivity contribution >= 4 is 0 Å². The molecule has 1 aromatic carbocycles. The largest absolute Gasteiger partial charge is 0.322 e. The van der Waals surface area contributed by atoms with Crippen LogP contribution in [0.1, 0.15) is 5.56 Å². The van der Waals surface area contributed by atoms with E-state index in [2.05, 4.69) is 34.7 Å². The first-order valence-electron chi connectivity index (χ1n) is 5.86. The van der Waals surface area contributed by atoms with Crippen molar-refractivity contribution in [1.29, 1.82) is 0 Å². The van der Waals surface area contributed by atoms with Gasteiger partial charge in [-0.05, 0) is 29.8 Å². The zero-order valence-corrected chi connectivity index (χ0v) is 9.90. The highest BCUT2D eigenvalue weighted by molar-refractivity contribution is 5.34. The van der Waals surface area contributed by atoms with Gasteiger partial charge in [-0.1, -0.05) is 12.1 Å². The third-order valence-electron chi connectivity index (χ3n) is 2.81. The molecule has 0 fully saturated rings. The van der Waals surface area contributed by atoms with Crippen molar-refractivity contribution in [3.63, 3.8) is 0 Å².